The van der Waals surface area contributed by atoms with Gasteiger partial charge >= 0.3 is 235 Å². The van der Waals surface area contributed by atoms with Crippen LogP contribution in [-0.4, -0.2) is 29.4 Å². The molecule has 0 aliphatic heterocycles. The van der Waals surface area contributed by atoms with E-state index >= 15 is 4.39 Å². The van der Waals surface area contributed by atoms with Crippen LogP contribution < -0.4 is 13.8 Å². The monoisotopic (exact) mass is 634 g/mol. The van der Waals surface area contributed by atoms with Crippen LogP contribution in [0, 0.1) is 5.82 Å². The van der Waals surface area contributed by atoms with Gasteiger partial charge in [-0.25, -0.2) is 0 Å². The number of unbranched alkanes of at least 4 members (excludes halogenated alkanes) is 3. The third kappa shape index (κ3) is 7.28. The Kier molecular flexibility index (Phi) is 11.3. The zero-order chi connectivity index (χ0) is 27.0. The van der Waals surface area contributed by atoms with Crippen molar-refractivity contribution in [2.45, 2.75) is 142 Å². The molecule has 0 spiro atoms. The van der Waals surface area contributed by atoms with Crippen LogP contribution >= 0.6 is 0 Å². The first-order valence-corrected chi connectivity index (χ1v) is 23.1. The van der Waals surface area contributed by atoms with E-state index < -0.39 is 18.8 Å². The Labute approximate surface area is 234 Å². The van der Waals surface area contributed by atoms with Crippen LogP contribution in [0.5, 0.6) is 5.75 Å². The molecule has 4 nitrogen and oxygen atoms in total. The fraction of sp³-hybridized carbons (Fsp3) is 0.719. The molecule has 0 radical (unpaired) electrons. The summed E-state index contributed by atoms with van der Waals surface area (Å²) in [5.41, 5.74) is 1.31. The number of hydrogen-bond acceptors (Lipinski definition) is 3. The number of fused-ring (bicyclic) bond motifs is 1. The first-order chi connectivity index (χ1) is 18.5. The second-order valence-corrected chi connectivity index (χ2v) is 23.7. The van der Waals surface area contributed by atoms with Gasteiger partial charge in [-0.1, -0.05) is 0 Å². The summed E-state index contributed by atoms with van der Waals surface area (Å²) in [4.78, 5) is 14.0. The van der Waals surface area contributed by atoms with E-state index in [9.17, 15) is 4.79 Å². The molecule has 0 atom stereocenters. The molecule has 38 heavy (non-hydrogen) atoms. The predicted molar refractivity (Wildman–Crippen MR) is 162 cm³/mol. The first-order valence-electron chi connectivity index (χ1n) is 15.8. The van der Waals surface area contributed by atoms with Crippen molar-refractivity contribution < 1.29 is 7.46 Å². The molecule has 2 fully saturated rings. The van der Waals surface area contributed by atoms with Gasteiger partial charge in [0.25, 0.3) is 0 Å². The summed E-state index contributed by atoms with van der Waals surface area (Å²) in [6.45, 7) is 6.75. The number of hydrogen-bond donors (Lipinski definition) is 1. The van der Waals surface area contributed by atoms with Gasteiger partial charge in [0.1, 0.15) is 0 Å². The summed E-state index contributed by atoms with van der Waals surface area (Å²) in [6, 6.07) is 4.09. The molecule has 4 rings (SSSR count). The van der Waals surface area contributed by atoms with Gasteiger partial charge in [0.2, 0.25) is 0 Å². The maximum atomic E-state index is 15.5. The standard InChI is InChI=1S/C20H25FN2O2.3C4H9.Sn/c21-16-10-15-18(11-17(16)22-13-6-2-1-3-7-13)23(12-19(24)20(15)25)14-8-4-5-9-14;3*1-3-4-2;/h10-14,22,24H,1-9H2;3*1,3-4H2,2H3;/q;;;;+1/p-1. The SMILES string of the molecule is CCC[CH2][Sn]([CH2]CCC)([CH2]CCC)[O]c1cn(C2CCCC2)c2cc(NC3CCCCC3)c(F)cc2c1=O. The third-order valence-electron chi connectivity index (χ3n) is 9.06. The van der Waals surface area contributed by atoms with Crippen LogP contribution in [0.25, 0.3) is 10.9 Å². The van der Waals surface area contributed by atoms with Crippen molar-refractivity contribution in [2.24, 2.45) is 0 Å². The van der Waals surface area contributed by atoms with Gasteiger partial charge < -0.3 is 0 Å². The van der Waals surface area contributed by atoms with Crippen molar-refractivity contribution in [3.8, 4) is 5.75 Å². The topological polar surface area (TPSA) is 43.3 Å². The predicted octanol–water partition coefficient (Wildman–Crippen LogP) is 9.72. The molecular weight excluding hydrogens is 582 g/mol. The van der Waals surface area contributed by atoms with E-state index in [-0.39, 0.29) is 11.2 Å². The van der Waals surface area contributed by atoms with Crippen LogP contribution in [-0.2, 0) is 0 Å². The molecular formula is C32H51FN2O2Sn. The normalized spacial score (nSPS) is 17.4. The molecule has 1 aromatic heterocycles. The van der Waals surface area contributed by atoms with Gasteiger partial charge in [0, 0.05) is 0 Å². The summed E-state index contributed by atoms with van der Waals surface area (Å²) in [5, 5.41) is 3.98. The van der Waals surface area contributed by atoms with Crippen LogP contribution in [0.2, 0.25) is 13.3 Å². The Morgan fingerprint density at radius 3 is 2.05 bits per heavy atom. The Morgan fingerprint density at radius 1 is 0.895 bits per heavy atom. The number of rotatable bonds is 14. The molecule has 1 N–H and O–H groups in total. The second kappa shape index (κ2) is 14.4. The zero-order valence-electron chi connectivity index (χ0n) is 24.3. The van der Waals surface area contributed by atoms with Gasteiger partial charge in [0.05, 0.1) is 0 Å². The van der Waals surface area contributed by atoms with E-state index in [1.165, 1.54) is 70.7 Å². The van der Waals surface area contributed by atoms with Gasteiger partial charge in [-0.3, -0.25) is 0 Å². The second-order valence-electron chi connectivity index (χ2n) is 12.1. The molecule has 6 heteroatoms. The minimum atomic E-state index is -3.09. The Hall–Kier alpha value is -1.24. The number of nitrogens with one attached hydrogen (secondary N) is 1. The van der Waals surface area contributed by atoms with Crippen LogP contribution in [0.4, 0.5) is 10.1 Å². The molecule has 2 saturated carbocycles. The van der Waals surface area contributed by atoms with Gasteiger partial charge in [-0.05, 0) is 0 Å². The summed E-state index contributed by atoms with van der Waals surface area (Å²) < 4.78 is 28.4. The van der Waals surface area contributed by atoms with E-state index in [1.54, 1.807) is 0 Å². The van der Waals surface area contributed by atoms with E-state index in [0.29, 0.717) is 28.9 Å². The number of halogens is 1. The van der Waals surface area contributed by atoms with Crippen LogP contribution in [0.15, 0.2) is 23.1 Å². The summed E-state index contributed by atoms with van der Waals surface area (Å²) in [5.74, 6) is 0.198. The Morgan fingerprint density at radius 2 is 1.47 bits per heavy atom. The average molecular weight is 633 g/mol. The quantitative estimate of drug-likeness (QED) is 0.211. The number of aromatic nitrogens is 1. The minimum absolute atomic E-state index is 0.108. The van der Waals surface area contributed by atoms with Crippen LogP contribution in [0.3, 0.4) is 0 Å². The number of anilines is 1. The summed E-state index contributed by atoms with van der Waals surface area (Å²) in [6.07, 6.45) is 19.5. The van der Waals surface area contributed by atoms with Gasteiger partial charge in [-0.15, -0.1) is 0 Å². The molecule has 0 unspecified atom stereocenters. The fourth-order valence-electron chi connectivity index (χ4n) is 6.74. The van der Waals surface area contributed by atoms with Crippen molar-refractivity contribution in [1.82, 2.24) is 4.57 Å². The Bertz CT molecular complexity index is 1070. The molecule has 1 aromatic carbocycles. The van der Waals surface area contributed by atoms with E-state index in [0.717, 1.165) is 50.5 Å². The Balaban J connectivity index is 1.78. The molecule has 0 bridgehead atoms. The molecule has 0 saturated heterocycles. The van der Waals surface area contributed by atoms with Gasteiger partial charge in [0.15, 0.2) is 0 Å². The van der Waals surface area contributed by atoms with Crippen molar-refractivity contribution in [2.75, 3.05) is 5.32 Å². The van der Waals surface area contributed by atoms with Crippen molar-refractivity contribution in [3.05, 3.63) is 34.4 Å². The maximum absolute atomic E-state index is 15.5. The third-order valence-corrected chi connectivity index (χ3v) is 21.7. The molecule has 2 aliphatic carbocycles. The molecule has 2 aliphatic rings. The molecule has 1 heterocycles. The molecule has 2 aromatic rings. The summed E-state index contributed by atoms with van der Waals surface area (Å²) >= 11 is -3.09. The van der Waals surface area contributed by atoms with Crippen molar-refractivity contribution in [1.29, 1.82) is 0 Å². The van der Waals surface area contributed by atoms with Crippen LogP contribution in [0.1, 0.15) is 123 Å². The van der Waals surface area contributed by atoms with E-state index in [4.69, 9.17) is 3.07 Å². The number of nitrogens with zero attached hydrogens (tertiary/aromatic N) is 1. The van der Waals surface area contributed by atoms with E-state index in [1.807, 2.05) is 12.3 Å². The molecule has 212 valence electrons. The van der Waals surface area contributed by atoms with E-state index in [2.05, 4.69) is 30.7 Å². The fourth-order valence-corrected chi connectivity index (χ4v) is 20.0. The van der Waals surface area contributed by atoms with Crippen molar-refractivity contribution in [3.63, 3.8) is 0 Å². The van der Waals surface area contributed by atoms with Gasteiger partial charge in [-0.2, -0.15) is 0 Å². The number of pyridine rings is 1. The van der Waals surface area contributed by atoms with Crippen molar-refractivity contribution >= 4 is 35.4 Å². The molecule has 0 amide bonds. The average Bonchev–Trinajstić information content (AvgIpc) is 3.47. The first kappa shape index (κ1) is 29.7. The summed E-state index contributed by atoms with van der Waals surface area (Å²) in [7, 11) is 0. The zero-order valence-corrected chi connectivity index (χ0v) is 27.1. The number of benzene rings is 1.